The van der Waals surface area contributed by atoms with Crippen LogP contribution in [0.2, 0.25) is 0 Å². The number of nitrogens with zero attached hydrogens (tertiary/aromatic N) is 1. The summed E-state index contributed by atoms with van der Waals surface area (Å²) in [5, 5.41) is 0. The van der Waals surface area contributed by atoms with E-state index in [0.29, 0.717) is 5.69 Å². The van der Waals surface area contributed by atoms with Crippen LogP contribution in [0.3, 0.4) is 0 Å². The summed E-state index contributed by atoms with van der Waals surface area (Å²) in [6.45, 7) is 5.51. The van der Waals surface area contributed by atoms with E-state index in [0.717, 1.165) is 19.2 Å². The number of alkyl halides is 2. The van der Waals surface area contributed by atoms with Crippen molar-refractivity contribution in [3.63, 3.8) is 0 Å². The van der Waals surface area contributed by atoms with Gasteiger partial charge < -0.3 is 4.74 Å². The first-order chi connectivity index (χ1) is 7.38. The highest BCUT2D eigenvalue weighted by atomic mass is 19.3. The lowest BCUT2D eigenvalue weighted by Gasteiger charge is -2.12. The Hall–Kier alpha value is -1.26. The Balaban J connectivity index is 0.00000106. The van der Waals surface area contributed by atoms with Gasteiger partial charge >= 0.3 is 0 Å². The quantitative estimate of drug-likeness (QED) is 0.798. The SMILES string of the molecule is CC.Cc1ncc(F)cc1OCC(C)(F)F. The van der Waals surface area contributed by atoms with Gasteiger partial charge in [0.25, 0.3) is 5.92 Å². The maximum atomic E-state index is 12.6. The van der Waals surface area contributed by atoms with Crippen molar-refractivity contribution >= 4 is 0 Å². The van der Waals surface area contributed by atoms with Crippen LogP contribution < -0.4 is 4.74 Å². The molecule has 2 nitrogen and oxygen atoms in total. The zero-order chi connectivity index (χ0) is 12.8. The summed E-state index contributed by atoms with van der Waals surface area (Å²) in [6, 6.07) is 1.04. The van der Waals surface area contributed by atoms with Gasteiger partial charge in [0.2, 0.25) is 0 Å². The molecule has 0 bridgehead atoms. The lowest BCUT2D eigenvalue weighted by Crippen LogP contribution is -2.21. The second-order valence-corrected chi connectivity index (χ2v) is 3.10. The molecule has 1 aromatic heterocycles. The molecule has 1 aromatic rings. The third-order valence-electron chi connectivity index (χ3n) is 1.49. The molecule has 5 heteroatoms. The third-order valence-corrected chi connectivity index (χ3v) is 1.49. The van der Waals surface area contributed by atoms with Crippen LogP contribution in [0.5, 0.6) is 5.75 Å². The maximum absolute atomic E-state index is 12.6. The van der Waals surface area contributed by atoms with Gasteiger partial charge in [-0.05, 0) is 6.92 Å². The Labute approximate surface area is 93.5 Å². The Morgan fingerprint density at radius 1 is 1.38 bits per heavy atom. The third kappa shape index (κ3) is 5.58. The van der Waals surface area contributed by atoms with Gasteiger partial charge in [0.1, 0.15) is 11.6 Å². The lowest BCUT2D eigenvalue weighted by atomic mass is 10.3. The number of aryl methyl sites for hydroxylation is 1. The average molecular weight is 235 g/mol. The number of ether oxygens (including phenoxy) is 1. The van der Waals surface area contributed by atoms with Gasteiger partial charge in [-0.25, -0.2) is 13.2 Å². The predicted octanol–water partition coefficient (Wildman–Crippen LogP) is 3.59. The van der Waals surface area contributed by atoms with Crippen molar-refractivity contribution < 1.29 is 17.9 Å². The van der Waals surface area contributed by atoms with Crippen molar-refractivity contribution in [1.29, 1.82) is 0 Å². The van der Waals surface area contributed by atoms with Crippen molar-refractivity contribution in [3.8, 4) is 5.75 Å². The first-order valence-electron chi connectivity index (χ1n) is 5.01. The minimum Gasteiger partial charge on any atom is -0.485 e. The summed E-state index contributed by atoms with van der Waals surface area (Å²) in [6.07, 6.45) is 1.01. The van der Waals surface area contributed by atoms with E-state index in [1.54, 1.807) is 6.92 Å². The van der Waals surface area contributed by atoms with E-state index in [-0.39, 0.29) is 5.75 Å². The van der Waals surface area contributed by atoms with E-state index < -0.39 is 18.3 Å². The van der Waals surface area contributed by atoms with Crippen molar-refractivity contribution in [2.24, 2.45) is 0 Å². The second-order valence-electron chi connectivity index (χ2n) is 3.10. The Morgan fingerprint density at radius 2 is 1.94 bits per heavy atom. The minimum atomic E-state index is -2.93. The molecule has 16 heavy (non-hydrogen) atoms. The molecule has 0 aromatic carbocycles. The number of hydrogen-bond acceptors (Lipinski definition) is 2. The maximum Gasteiger partial charge on any atom is 0.278 e. The first-order valence-corrected chi connectivity index (χ1v) is 5.01. The molecule has 0 spiro atoms. The van der Waals surface area contributed by atoms with Crippen LogP contribution in [0.4, 0.5) is 13.2 Å². The summed E-state index contributed by atoms with van der Waals surface area (Å²) < 4.78 is 42.2. The van der Waals surface area contributed by atoms with Gasteiger partial charge in [-0.15, -0.1) is 0 Å². The van der Waals surface area contributed by atoms with Crippen LogP contribution in [-0.2, 0) is 0 Å². The van der Waals surface area contributed by atoms with Crippen LogP contribution in [-0.4, -0.2) is 17.5 Å². The van der Waals surface area contributed by atoms with Gasteiger partial charge in [-0.2, -0.15) is 0 Å². The number of pyridine rings is 1. The second kappa shape index (κ2) is 6.35. The molecule has 0 radical (unpaired) electrons. The molecule has 0 saturated carbocycles. The fourth-order valence-corrected chi connectivity index (χ4v) is 0.840. The minimum absolute atomic E-state index is 0.0477. The summed E-state index contributed by atoms with van der Waals surface area (Å²) >= 11 is 0. The molecule has 0 saturated heterocycles. The van der Waals surface area contributed by atoms with Gasteiger partial charge in [0.05, 0.1) is 11.9 Å². The van der Waals surface area contributed by atoms with Crippen molar-refractivity contribution in [1.82, 2.24) is 4.98 Å². The molecule has 0 aliphatic heterocycles. The highest BCUT2D eigenvalue weighted by Crippen LogP contribution is 2.19. The monoisotopic (exact) mass is 235 g/mol. The van der Waals surface area contributed by atoms with Crippen LogP contribution in [0, 0.1) is 12.7 Å². The van der Waals surface area contributed by atoms with Gasteiger partial charge in [-0.1, -0.05) is 13.8 Å². The zero-order valence-corrected chi connectivity index (χ0v) is 9.85. The number of aromatic nitrogens is 1. The standard InChI is InChI=1S/C9H10F3NO.C2H6/c1-6-8(3-7(10)4-13-6)14-5-9(2,11)12;1-2/h3-4H,5H2,1-2H3;1-2H3. The average Bonchev–Trinajstić information content (AvgIpc) is 2.21. The topological polar surface area (TPSA) is 22.1 Å². The molecular weight excluding hydrogens is 219 g/mol. The van der Waals surface area contributed by atoms with Crippen molar-refractivity contribution in [3.05, 3.63) is 23.8 Å². The molecule has 0 fully saturated rings. The fraction of sp³-hybridized carbons (Fsp3) is 0.545. The molecule has 0 unspecified atom stereocenters. The van der Waals surface area contributed by atoms with Crippen LogP contribution in [0.25, 0.3) is 0 Å². The predicted molar refractivity (Wildman–Crippen MR) is 56.4 cm³/mol. The number of hydrogen-bond donors (Lipinski definition) is 0. The van der Waals surface area contributed by atoms with Crippen LogP contribution in [0.15, 0.2) is 12.3 Å². The molecular formula is C11H16F3NO. The molecule has 0 amide bonds. The molecule has 0 atom stereocenters. The summed E-state index contributed by atoms with van der Waals surface area (Å²) in [4.78, 5) is 3.63. The normalized spacial score (nSPS) is 10.4. The first kappa shape index (κ1) is 14.7. The van der Waals surface area contributed by atoms with Gasteiger partial charge in [0, 0.05) is 13.0 Å². The molecule has 92 valence electrons. The smallest absolute Gasteiger partial charge is 0.278 e. The van der Waals surface area contributed by atoms with Crippen LogP contribution >= 0.6 is 0 Å². The highest BCUT2D eigenvalue weighted by Gasteiger charge is 2.22. The van der Waals surface area contributed by atoms with E-state index in [9.17, 15) is 13.2 Å². The molecule has 0 aliphatic rings. The van der Waals surface area contributed by atoms with E-state index in [1.807, 2.05) is 13.8 Å². The largest absolute Gasteiger partial charge is 0.485 e. The summed E-state index contributed by atoms with van der Waals surface area (Å²) in [5.74, 6) is -3.49. The molecule has 1 heterocycles. The Bertz CT molecular complexity index is 323. The van der Waals surface area contributed by atoms with Gasteiger partial charge in [-0.3, -0.25) is 4.98 Å². The van der Waals surface area contributed by atoms with Crippen LogP contribution in [0.1, 0.15) is 26.5 Å². The fourth-order valence-electron chi connectivity index (χ4n) is 0.840. The highest BCUT2D eigenvalue weighted by molar-refractivity contribution is 5.26. The van der Waals surface area contributed by atoms with E-state index in [1.165, 1.54) is 0 Å². The number of rotatable bonds is 3. The van der Waals surface area contributed by atoms with Crippen molar-refractivity contribution in [2.75, 3.05) is 6.61 Å². The Morgan fingerprint density at radius 3 is 2.44 bits per heavy atom. The summed E-state index contributed by atoms with van der Waals surface area (Å²) in [7, 11) is 0. The van der Waals surface area contributed by atoms with E-state index in [4.69, 9.17) is 4.74 Å². The molecule has 1 rings (SSSR count). The van der Waals surface area contributed by atoms with E-state index in [2.05, 4.69) is 4.98 Å². The van der Waals surface area contributed by atoms with E-state index >= 15 is 0 Å². The zero-order valence-electron chi connectivity index (χ0n) is 9.85. The van der Waals surface area contributed by atoms with Gasteiger partial charge in [0.15, 0.2) is 6.61 Å². The van der Waals surface area contributed by atoms with Crippen molar-refractivity contribution in [2.45, 2.75) is 33.6 Å². The lowest BCUT2D eigenvalue weighted by molar-refractivity contribution is -0.0233. The summed E-state index contributed by atoms with van der Waals surface area (Å²) in [5.41, 5.74) is 0.385. The number of halogens is 3. The molecule has 0 aliphatic carbocycles. The molecule has 0 N–H and O–H groups in total. The Kier molecular flexibility index (Phi) is 5.85.